The number of ether oxygens (including phenoxy) is 2. The zero-order chi connectivity index (χ0) is 24.6. The van der Waals surface area contributed by atoms with Crippen molar-refractivity contribution in [1.82, 2.24) is 15.2 Å². The maximum atomic E-state index is 12.2. The second-order valence-corrected chi connectivity index (χ2v) is 9.34. The number of likely N-dealkylation sites (tertiary alicyclic amines) is 1. The third-order valence-corrected chi connectivity index (χ3v) is 5.45. The van der Waals surface area contributed by atoms with Gasteiger partial charge in [-0.05, 0) is 63.8 Å². The molecule has 8 nitrogen and oxygen atoms in total. The molecule has 1 aromatic heterocycles. The third kappa shape index (κ3) is 7.48. The van der Waals surface area contributed by atoms with Gasteiger partial charge < -0.3 is 19.7 Å². The van der Waals surface area contributed by atoms with Crippen LogP contribution in [0.25, 0.3) is 11.3 Å². The number of nitrogens with one attached hydrogen (secondary N) is 1. The summed E-state index contributed by atoms with van der Waals surface area (Å²) in [6, 6.07) is 13.0. The molecule has 2 aromatic rings. The van der Waals surface area contributed by atoms with E-state index in [0.717, 1.165) is 24.1 Å². The van der Waals surface area contributed by atoms with E-state index >= 15 is 0 Å². The van der Waals surface area contributed by atoms with Crippen LogP contribution in [0.15, 0.2) is 42.6 Å². The van der Waals surface area contributed by atoms with Crippen molar-refractivity contribution >= 4 is 12.0 Å². The minimum atomic E-state index is -0.481. The molecule has 34 heavy (non-hydrogen) atoms. The number of nitrogens with zero attached hydrogens (tertiary/aromatic N) is 3. The molecule has 1 aromatic carbocycles. The molecule has 1 fully saturated rings. The Kier molecular flexibility index (Phi) is 8.47. The lowest BCUT2D eigenvalue weighted by atomic mass is 9.98. The summed E-state index contributed by atoms with van der Waals surface area (Å²) in [7, 11) is 0. The molecule has 1 aliphatic heterocycles. The molecular weight excluding hydrogens is 432 g/mol. The second-order valence-electron chi connectivity index (χ2n) is 9.34. The number of carbonyl (C=O) groups is 2. The van der Waals surface area contributed by atoms with Crippen LogP contribution in [0.1, 0.15) is 50.4 Å². The maximum absolute atomic E-state index is 12.2. The summed E-state index contributed by atoms with van der Waals surface area (Å²) in [6.07, 6.45) is 3.49. The Morgan fingerprint density at radius 3 is 2.44 bits per heavy atom. The summed E-state index contributed by atoms with van der Waals surface area (Å²) in [4.78, 5) is 30.5. The Morgan fingerprint density at radius 1 is 1.15 bits per heavy atom. The number of benzene rings is 1. The number of nitriles is 1. The van der Waals surface area contributed by atoms with E-state index in [2.05, 4.69) is 10.3 Å². The second kappa shape index (κ2) is 11.5. The van der Waals surface area contributed by atoms with Gasteiger partial charge >= 0.3 is 6.09 Å². The van der Waals surface area contributed by atoms with Crippen molar-refractivity contribution in [3.05, 3.63) is 48.2 Å². The predicted molar refractivity (Wildman–Crippen MR) is 128 cm³/mol. The molecule has 0 aliphatic carbocycles. The smallest absolute Gasteiger partial charge is 0.410 e. The fourth-order valence-electron chi connectivity index (χ4n) is 3.59. The minimum Gasteiger partial charge on any atom is -0.492 e. The van der Waals surface area contributed by atoms with Crippen molar-refractivity contribution in [2.24, 2.45) is 5.92 Å². The Morgan fingerprint density at radius 2 is 1.85 bits per heavy atom. The van der Waals surface area contributed by atoms with Gasteiger partial charge in [-0.15, -0.1) is 0 Å². The highest BCUT2D eigenvalue weighted by atomic mass is 16.6. The number of carbonyl (C=O) groups excluding carboxylic acids is 2. The SMILES string of the molecule is CC(C)(C)OC(=O)N1CCC(COc2ccc(-c3ccc(C(=O)NCCC#N)cc3)nc2)CC1. The van der Waals surface area contributed by atoms with Crippen molar-refractivity contribution in [2.75, 3.05) is 26.2 Å². The lowest BCUT2D eigenvalue weighted by Crippen LogP contribution is -2.42. The first-order valence-electron chi connectivity index (χ1n) is 11.6. The van der Waals surface area contributed by atoms with Crippen LogP contribution in [-0.4, -0.2) is 53.7 Å². The van der Waals surface area contributed by atoms with Crippen molar-refractivity contribution in [2.45, 2.75) is 45.6 Å². The fourth-order valence-corrected chi connectivity index (χ4v) is 3.59. The lowest BCUT2D eigenvalue weighted by Gasteiger charge is -2.33. The normalized spacial score (nSPS) is 14.2. The van der Waals surface area contributed by atoms with Crippen LogP contribution in [-0.2, 0) is 4.74 Å². The van der Waals surface area contributed by atoms with Crippen LogP contribution in [0.4, 0.5) is 4.79 Å². The van der Waals surface area contributed by atoms with Crippen molar-refractivity contribution in [1.29, 1.82) is 5.26 Å². The summed E-state index contributed by atoms with van der Waals surface area (Å²) in [5.74, 6) is 0.882. The standard InChI is InChI=1S/C26H32N4O4/c1-26(2,3)34-25(32)30-15-11-19(12-16-30)18-33-22-9-10-23(29-17-22)20-5-7-21(8-6-20)24(31)28-14-4-13-27/h5-10,17,19H,4,11-12,14-16,18H2,1-3H3,(H,28,31). The van der Waals surface area contributed by atoms with Crippen LogP contribution in [0.3, 0.4) is 0 Å². The molecule has 180 valence electrons. The molecule has 8 heteroatoms. The topological polar surface area (TPSA) is 105 Å². The van der Waals surface area contributed by atoms with Crippen LogP contribution < -0.4 is 10.1 Å². The van der Waals surface area contributed by atoms with Crippen LogP contribution in [0.5, 0.6) is 5.75 Å². The van der Waals surface area contributed by atoms with Crippen LogP contribution in [0.2, 0.25) is 0 Å². The monoisotopic (exact) mass is 464 g/mol. The molecule has 1 N–H and O–H groups in total. The molecule has 1 aliphatic rings. The van der Waals surface area contributed by atoms with E-state index in [-0.39, 0.29) is 18.4 Å². The van der Waals surface area contributed by atoms with Gasteiger partial charge in [0.2, 0.25) is 0 Å². The Labute approximate surface area is 200 Å². The van der Waals surface area contributed by atoms with Gasteiger partial charge in [-0.25, -0.2) is 4.79 Å². The highest BCUT2D eigenvalue weighted by molar-refractivity contribution is 5.94. The fraction of sp³-hybridized carbons (Fsp3) is 0.462. The van der Waals surface area contributed by atoms with Crippen molar-refractivity contribution < 1.29 is 19.1 Å². The molecule has 1 saturated heterocycles. The summed E-state index contributed by atoms with van der Waals surface area (Å²) in [5, 5.41) is 11.3. The molecule has 0 radical (unpaired) electrons. The number of hydrogen-bond donors (Lipinski definition) is 1. The highest BCUT2D eigenvalue weighted by Gasteiger charge is 2.27. The highest BCUT2D eigenvalue weighted by Crippen LogP contribution is 2.23. The van der Waals surface area contributed by atoms with E-state index in [1.54, 1.807) is 23.2 Å². The van der Waals surface area contributed by atoms with Gasteiger partial charge in [0.1, 0.15) is 11.4 Å². The quantitative estimate of drug-likeness (QED) is 0.608. The lowest BCUT2D eigenvalue weighted by molar-refractivity contribution is 0.0165. The van der Waals surface area contributed by atoms with Gasteiger partial charge in [0.15, 0.2) is 0 Å². The predicted octanol–water partition coefficient (Wildman–Crippen LogP) is 4.42. The van der Waals surface area contributed by atoms with Crippen molar-refractivity contribution in [3.63, 3.8) is 0 Å². The number of pyridine rings is 1. The molecule has 0 spiro atoms. The number of piperidine rings is 1. The average molecular weight is 465 g/mol. The van der Waals surface area contributed by atoms with E-state index in [0.29, 0.717) is 43.5 Å². The first kappa shape index (κ1) is 25.0. The zero-order valence-corrected chi connectivity index (χ0v) is 20.0. The number of rotatable bonds is 7. The number of aromatic nitrogens is 1. The molecule has 2 heterocycles. The molecule has 3 rings (SSSR count). The van der Waals surface area contributed by atoms with E-state index in [4.69, 9.17) is 14.7 Å². The summed E-state index contributed by atoms with van der Waals surface area (Å²) in [6.45, 7) is 7.89. The van der Waals surface area contributed by atoms with Gasteiger partial charge in [0.25, 0.3) is 5.91 Å². The maximum Gasteiger partial charge on any atom is 0.410 e. The molecule has 0 bridgehead atoms. The van der Waals surface area contributed by atoms with E-state index in [1.165, 1.54) is 0 Å². The zero-order valence-electron chi connectivity index (χ0n) is 20.0. The summed E-state index contributed by atoms with van der Waals surface area (Å²) < 4.78 is 11.4. The molecular formula is C26H32N4O4. The van der Waals surface area contributed by atoms with Gasteiger partial charge in [0, 0.05) is 30.8 Å². The summed E-state index contributed by atoms with van der Waals surface area (Å²) in [5.41, 5.74) is 1.74. The van der Waals surface area contributed by atoms with E-state index < -0.39 is 5.60 Å². The third-order valence-electron chi connectivity index (χ3n) is 5.45. The number of amides is 2. The Hall–Kier alpha value is -3.60. The molecule has 0 unspecified atom stereocenters. The Bertz CT molecular complexity index is 999. The van der Waals surface area contributed by atoms with Crippen LogP contribution >= 0.6 is 0 Å². The van der Waals surface area contributed by atoms with Gasteiger partial charge in [0.05, 0.1) is 31.0 Å². The molecule has 0 saturated carbocycles. The largest absolute Gasteiger partial charge is 0.492 e. The van der Waals surface area contributed by atoms with E-state index in [9.17, 15) is 9.59 Å². The van der Waals surface area contributed by atoms with Crippen molar-refractivity contribution in [3.8, 4) is 23.1 Å². The summed E-state index contributed by atoms with van der Waals surface area (Å²) >= 11 is 0. The van der Waals surface area contributed by atoms with Gasteiger partial charge in [-0.1, -0.05) is 12.1 Å². The average Bonchev–Trinajstić information content (AvgIpc) is 2.82. The Balaban J connectivity index is 1.45. The van der Waals surface area contributed by atoms with Crippen LogP contribution in [0, 0.1) is 17.2 Å². The number of hydrogen-bond acceptors (Lipinski definition) is 6. The minimum absolute atomic E-state index is 0.199. The molecule has 0 atom stereocenters. The first-order valence-corrected chi connectivity index (χ1v) is 11.6. The van der Waals surface area contributed by atoms with Gasteiger partial charge in [-0.2, -0.15) is 5.26 Å². The molecule has 2 amide bonds. The first-order chi connectivity index (χ1) is 16.2. The van der Waals surface area contributed by atoms with Gasteiger partial charge in [-0.3, -0.25) is 9.78 Å². The van der Waals surface area contributed by atoms with E-state index in [1.807, 2.05) is 51.1 Å².